The Kier molecular flexibility index (Phi) is 4.72. The summed E-state index contributed by atoms with van der Waals surface area (Å²) in [7, 11) is 0. The lowest BCUT2D eigenvalue weighted by Gasteiger charge is -2.40. The molecule has 0 amide bonds. The van der Waals surface area contributed by atoms with Crippen LogP contribution in [0.1, 0.15) is 38.8 Å². The van der Waals surface area contributed by atoms with Crippen LogP contribution in [0.4, 0.5) is 0 Å². The van der Waals surface area contributed by atoms with Crippen LogP contribution in [0.5, 0.6) is 0 Å². The molecule has 1 aliphatic rings. The van der Waals surface area contributed by atoms with E-state index in [0.29, 0.717) is 17.9 Å². The number of hydrogen-bond acceptors (Lipinski definition) is 4. The molecule has 5 nitrogen and oxygen atoms in total. The maximum absolute atomic E-state index is 6.35. The second-order valence-corrected chi connectivity index (χ2v) is 8.13. The van der Waals surface area contributed by atoms with Gasteiger partial charge in [0, 0.05) is 17.8 Å². The van der Waals surface area contributed by atoms with E-state index >= 15 is 0 Å². The number of fused-ring (bicyclic) bond motifs is 1. The van der Waals surface area contributed by atoms with Crippen LogP contribution in [0.2, 0.25) is 0 Å². The van der Waals surface area contributed by atoms with Gasteiger partial charge in [-0.05, 0) is 36.8 Å². The van der Waals surface area contributed by atoms with Gasteiger partial charge in [0.25, 0.3) is 0 Å². The molecular formula is C21H26N4O. The van der Waals surface area contributed by atoms with Crippen molar-refractivity contribution in [2.45, 2.75) is 52.4 Å². The molecule has 0 spiro atoms. The minimum absolute atomic E-state index is 0.237. The molecule has 136 valence electrons. The molecule has 5 heteroatoms. The molecule has 1 aromatic carbocycles. The van der Waals surface area contributed by atoms with Crippen molar-refractivity contribution in [3.63, 3.8) is 0 Å². The van der Waals surface area contributed by atoms with Crippen molar-refractivity contribution in [1.82, 2.24) is 19.7 Å². The van der Waals surface area contributed by atoms with E-state index in [1.165, 1.54) is 11.8 Å². The van der Waals surface area contributed by atoms with Crippen molar-refractivity contribution in [2.24, 2.45) is 11.3 Å². The molecule has 0 aliphatic heterocycles. The van der Waals surface area contributed by atoms with Gasteiger partial charge in [-0.2, -0.15) is 5.10 Å². The highest BCUT2D eigenvalue weighted by Crippen LogP contribution is 2.40. The highest BCUT2D eigenvalue weighted by atomic mass is 16.5. The number of rotatable bonds is 5. The second-order valence-electron chi connectivity index (χ2n) is 8.13. The standard InChI is InChI=1S/C21H26N4O/c1-21(2)10-9-20(17(11-21)12-25-15-22-14-23-25)26-13-18-8-7-16-5-3-4-6-19(16)24-18/h3-8,14-15,17,20H,9-13H2,1-2H3/t17-,20+/m0/s1. The third-order valence-corrected chi connectivity index (χ3v) is 5.44. The third kappa shape index (κ3) is 3.93. The first-order valence-corrected chi connectivity index (χ1v) is 9.38. The molecule has 4 rings (SSSR count). The normalized spacial score (nSPS) is 22.5. The molecule has 1 fully saturated rings. The van der Waals surface area contributed by atoms with E-state index in [-0.39, 0.29) is 6.10 Å². The lowest BCUT2D eigenvalue weighted by molar-refractivity contribution is -0.0536. The summed E-state index contributed by atoms with van der Waals surface area (Å²) in [5, 5.41) is 5.45. The SMILES string of the molecule is CC1(C)CC[C@@H](OCc2ccc3ccccc3n2)[C@H](Cn2cncn2)C1. The molecule has 0 N–H and O–H groups in total. The zero-order chi connectivity index (χ0) is 18.0. The third-order valence-electron chi connectivity index (χ3n) is 5.44. The first kappa shape index (κ1) is 17.2. The fourth-order valence-corrected chi connectivity index (χ4v) is 4.06. The highest BCUT2D eigenvalue weighted by Gasteiger charge is 2.35. The first-order chi connectivity index (χ1) is 12.6. The van der Waals surface area contributed by atoms with E-state index in [1.807, 2.05) is 16.8 Å². The topological polar surface area (TPSA) is 52.8 Å². The van der Waals surface area contributed by atoms with Crippen LogP contribution in [0.25, 0.3) is 10.9 Å². The van der Waals surface area contributed by atoms with Crippen LogP contribution in [-0.2, 0) is 17.9 Å². The van der Waals surface area contributed by atoms with Gasteiger partial charge in [0.1, 0.15) is 12.7 Å². The van der Waals surface area contributed by atoms with E-state index in [2.05, 4.69) is 48.2 Å². The molecule has 1 saturated carbocycles. The van der Waals surface area contributed by atoms with Crippen LogP contribution in [0.15, 0.2) is 49.1 Å². The monoisotopic (exact) mass is 350 g/mol. The molecule has 2 aromatic heterocycles. The van der Waals surface area contributed by atoms with Crippen molar-refractivity contribution >= 4 is 10.9 Å². The van der Waals surface area contributed by atoms with Gasteiger partial charge in [0.05, 0.1) is 23.9 Å². The highest BCUT2D eigenvalue weighted by molar-refractivity contribution is 5.78. The molecule has 1 aliphatic carbocycles. The first-order valence-electron chi connectivity index (χ1n) is 9.38. The van der Waals surface area contributed by atoms with Crippen molar-refractivity contribution in [1.29, 1.82) is 0 Å². The number of ether oxygens (including phenoxy) is 1. The van der Waals surface area contributed by atoms with Gasteiger partial charge >= 0.3 is 0 Å². The molecule has 0 radical (unpaired) electrons. The maximum atomic E-state index is 6.35. The summed E-state index contributed by atoms with van der Waals surface area (Å²) in [5.41, 5.74) is 2.37. The Morgan fingerprint density at radius 1 is 1.19 bits per heavy atom. The van der Waals surface area contributed by atoms with Crippen LogP contribution in [0, 0.1) is 11.3 Å². The molecular weight excluding hydrogens is 324 g/mol. The average Bonchev–Trinajstić information content (AvgIpc) is 3.13. The minimum Gasteiger partial charge on any atom is -0.372 e. The fourth-order valence-electron chi connectivity index (χ4n) is 4.06. The van der Waals surface area contributed by atoms with Gasteiger partial charge in [-0.25, -0.2) is 4.98 Å². The number of aromatic nitrogens is 4. The zero-order valence-electron chi connectivity index (χ0n) is 15.5. The summed E-state index contributed by atoms with van der Waals surface area (Å²) in [6.07, 6.45) is 7.05. The van der Waals surface area contributed by atoms with Gasteiger partial charge in [-0.15, -0.1) is 0 Å². The van der Waals surface area contributed by atoms with Gasteiger partial charge in [0.15, 0.2) is 0 Å². The number of nitrogens with zero attached hydrogens (tertiary/aromatic N) is 4. The molecule has 0 unspecified atom stereocenters. The Labute approximate surface area is 154 Å². The predicted octanol–water partition coefficient (Wildman–Crippen LogP) is 4.24. The van der Waals surface area contributed by atoms with E-state index in [1.54, 1.807) is 12.7 Å². The predicted molar refractivity (Wildman–Crippen MR) is 101 cm³/mol. The Morgan fingerprint density at radius 2 is 2.08 bits per heavy atom. The molecule has 2 atom stereocenters. The van der Waals surface area contributed by atoms with Crippen LogP contribution < -0.4 is 0 Å². The Bertz CT molecular complexity index is 859. The summed E-state index contributed by atoms with van der Waals surface area (Å²) in [4.78, 5) is 8.81. The molecule has 2 heterocycles. The van der Waals surface area contributed by atoms with Gasteiger partial charge in [0.2, 0.25) is 0 Å². The van der Waals surface area contributed by atoms with Gasteiger partial charge in [-0.1, -0.05) is 38.1 Å². The Balaban J connectivity index is 1.45. The van der Waals surface area contributed by atoms with E-state index in [0.717, 1.165) is 30.6 Å². The summed E-state index contributed by atoms with van der Waals surface area (Å²) in [5.74, 6) is 0.445. The van der Waals surface area contributed by atoms with Crippen molar-refractivity contribution in [2.75, 3.05) is 0 Å². The number of benzene rings is 1. The molecule has 3 aromatic rings. The van der Waals surface area contributed by atoms with Crippen LogP contribution in [-0.4, -0.2) is 25.9 Å². The Hall–Kier alpha value is -2.27. The summed E-state index contributed by atoms with van der Waals surface area (Å²) in [6, 6.07) is 12.4. The average molecular weight is 350 g/mol. The number of hydrogen-bond donors (Lipinski definition) is 0. The van der Waals surface area contributed by atoms with Crippen LogP contribution in [0.3, 0.4) is 0 Å². The zero-order valence-corrected chi connectivity index (χ0v) is 15.5. The van der Waals surface area contributed by atoms with Crippen molar-refractivity contribution in [3.8, 4) is 0 Å². The fraction of sp³-hybridized carbons (Fsp3) is 0.476. The van der Waals surface area contributed by atoms with Gasteiger partial charge < -0.3 is 4.74 Å². The summed E-state index contributed by atoms with van der Waals surface area (Å²) in [6.45, 7) is 6.12. The number of pyridine rings is 1. The number of para-hydroxylation sites is 1. The largest absolute Gasteiger partial charge is 0.372 e. The summed E-state index contributed by atoms with van der Waals surface area (Å²) < 4.78 is 8.28. The molecule has 0 saturated heterocycles. The maximum Gasteiger partial charge on any atom is 0.137 e. The second kappa shape index (κ2) is 7.16. The minimum atomic E-state index is 0.237. The quantitative estimate of drug-likeness (QED) is 0.691. The molecule has 26 heavy (non-hydrogen) atoms. The van der Waals surface area contributed by atoms with Crippen molar-refractivity contribution < 1.29 is 4.74 Å². The lowest BCUT2D eigenvalue weighted by atomic mass is 9.71. The van der Waals surface area contributed by atoms with E-state index < -0.39 is 0 Å². The van der Waals surface area contributed by atoms with Crippen LogP contribution >= 0.6 is 0 Å². The molecule has 0 bridgehead atoms. The Morgan fingerprint density at radius 3 is 2.92 bits per heavy atom. The van der Waals surface area contributed by atoms with Crippen molar-refractivity contribution in [3.05, 3.63) is 54.7 Å². The summed E-state index contributed by atoms with van der Waals surface area (Å²) >= 11 is 0. The lowest BCUT2D eigenvalue weighted by Crippen LogP contribution is -2.37. The van der Waals surface area contributed by atoms with E-state index in [9.17, 15) is 0 Å². The van der Waals surface area contributed by atoms with Gasteiger partial charge in [-0.3, -0.25) is 9.67 Å². The smallest absolute Gasteiger partial charge is 0.137 e. The van der Waals surface area contributed by atoms with E-state index in [4.69, 9.17) is 9.72 Å².